The molecule has 4 aromatic rings. The summed E-state index contributed by atoms with van der Waals surface area (Å²) >= 11 is 0. The Morgan fingerprint density at radius 2 is 1.72 bits per heavy atom. The summed E-state index contributed by atoms with van der Waals surface area (Å²) in [6.45, 7) is 0. The van der Waals surface area contributed by atoms with Crippen LogP contribution in [-0.2, 0) is 4.74 Å². The number of para-hydroxylation sites is 1. The van der Waals surface area contributed by atoms with E-state index in [9.17, 15) is 4.79 Å². The summed E-state index contributed by atoms with van der Waals surface area (Å²) < 4.78 is 10.3. The molecule has 4 rings (SSSR count). The molecule has 29 heavy (non-hydrogen) atoms. The Labute approximate surface area is 166 Å². The highest BCUT2D eigenvalue weighted by atomic mass is 16.5. The van der Waals surface area contributed by atoms with E-state index in [1.807, 2.05) is 60.5 Å². The molecule has 0 spiro atoms. The van der Waals surface area contributed by atoms with Crippen LogP contribution in [0.2, 0.25) is 0 Å². The third-order valence-corrected chi connectivity index (χ3v) is 4.31. The summed E-state index contributed by atoms with van der Waals surface area (Å²) in [5.41, 5.74) is 1.94. The predicted octanol–water partition coefficient (Wildman–Crippen LogP) is 3.77. The molecular formula is C21H17N5O3. The van der Waals surface area contributed by atoms with Crippen molar-refractivity contribution in [3.8, 4) is 11.6 Å². The van der Waals surface area contributed by atoms with Gasteiger partial charge in [-0.3, -0.25) is 0 Å². The molecule has 0 saturated carbocycles. The fourth-order valence-electron chi connectivity index (χ4n) is 2.82. The maximum Gasteiger partial charge on any atom is 0.358 e. The molecule has 0 radical (unpaired) electrons. The number of nitrogens with zero attached hydrogens (tertiary/aromatic N) is 5. The van der Waals surface area contributed by atoms with E-state index in [1.54, 1.807) is 6.33 Å². The van der Waals surface area contributed by atoms with Gasteiger partial charge in [-0.1, -0.05) is 12.1 Å². The maximum absolute atomic E-state index is 11.4. The van der Waals surface area contributed by atoms with Gasteiger partial charge in [-0.15, -0.1) is 0 Å². The zero-order valence-electron chi connectivity index (χ0n) is 15.8. The van der Waals surface area contributed by atoms with Gasteiger partial charge in [0.25, 0.3) is 0 Å². The molecule has 0 fully saturated rings. The first-order valence-electron chi connectivity index (χ1n) is 8.77. The lowest BCUT2D eigenvalue weighted by Gasteiger charge is -2.20. The molecule has 8 heteroatoms. The number of ether oxygens (including phenoxy) is 2. The number of carbonyl (C=O) groups excluding carboxylic acids is 1. The van der Waals surface area contributed by atoms with Crippen molar-refractivity contribution in [3.05, 3.63) is 72.9 Å². The molecule has 0 N–H and O–H groups in total. The molecule has 0 unspecified atom stereocenters. The summed E-state index contributed by atoms with van der Waals surface area (Å²) in [5.74, 6) is 1.14. The van der Waals surface area contributed by atoms with Gasteiger partial charge in [0.2, 0.25) is 5.88 Å². The Balaban J connectivity index is 1.52. The fraction of sp³-hybridized carbons (Fsp3) is 0.0952. The van der Waals surface area contributed by atoms with Gasteiger partial charge in [0, 0.05) is 18.1 Å². The molecule has 0 aliphatic heterocycles. The smallest absolute Gasteiger partial charge is 0.358 e. The molecule has 0 aliphatic rings. The number of carbonyl (C=O) groups is 1. The summed E-state index contributed by atoms with van der Waals surface area (Å²) in [6.07, 6.45) is 4.24. The minimum atomic E-state index is -0.548. The van der Waals surface area contributed by atoms with Gasteiger partial charge in [-0.25, -0.2) is 24.7 Å². The van der Waals surface area contributed by atoms with Crippen molar-refractivity contribution >= 4 is 28.4 Å². The molecule has 0 atom stereocenters. The van der Waals surface area contributed by atoms with E-state index in [-0.39, 0.29) is 11.6 Å². The normalized spacial score (nSPS) is 10.6. The van der Waals surface area contributed by atoms with Crippen LogP contribution in [0.1, 0.15) is 10.5 Å². The molecule has 0 bridgehead atoms. The lowest BCUT2D eigenvalue weighted by atomic mass is 10.2. The van der Waals surface area contributed by atoms with Gasteiger partial charge in [-0.2, -0.15) is 0 Å². The Kier molecular flexibility index (Phi) is 4.98. The highest BCUT2D eigenvalue weighted by Crippen LogP contribution is 2.29. The second kappa shape index (κ2) is 7.89. The van der Waals surface area contributed by atoms with Gasteiger partial charge in [0.05, 0.1) is 25.0 Å². The zero-order chi connectivity index (χ0) is 20.2. The Bertz CT molecular complexity index is 1140. The van der Waals surface area contributed by atoms with Crippen LogP contribution in [0.4, 0.5) is 11.5 Å². The van der Waals surface area contributed by atoms with Crippen molar-refractivity contribution in [2.24, 2.45) is 0 Å². The molecular weight excluding hydrogens is 370 g/mol. The fourth-order valence-corrected chi connectivity index (χ4v) is 2.82. The molecule has 0 saturated heterocycles. The number of hydrogen-bond acceptors (Lipinski definition) is 8. The first-order chi connectivity index (χ1) is 14.2. The number of aromatic nitrogens is 4. The molecule has 8 nitrogen and oxygen atoms in total. The van der Waals surface area contributed by atoms with Crippen molar-refractivity contribution < 1.29 is 14.3 Å². The highest BCUT2D eigenvalue weighted by molar-refractivity contribution is 5.91. The molecule has 0 amide bonds. The van der Waals surface area contributed by atoms with E-state index < -0.39 is 5.97 Å². The van der Waals surface area contributed by atoms with Crippen LogP contribution >= 0.6 is 0 Å². The van der Waals surface area contributed by atoms with Crippen molar-refractivity contribution in [3.63, 3.8) is 0 Å². The number of rotatable bonds is 5. The Morgan fingerprint density at radius 3 is 2.45 bits per heavy atom. The lowest BCUT2D eigenvalue weighted by molar-refractivity contribution is 0.0593. The first-order valence-corrected chi connectivity index (χ1v) is 8.77. The minimum absolute atomic E-state index is 0.119. The molecule has 2 aromatic heterocycles. The maximum atomic E-state index is 11.4. The van der Waals surface area contributed by atoms with Gasteiger partial charge < -0.3 is 14.4 Å². The Hall–Kier alpha value is -4.07. The van der Waals surface area contributed by atoms with E-state index >= 15 is 0 Å². The molecule has 2 heterocycles. The zero-order valence-corrected chi connectivity index (χ0v) is 15.8. The van der Waals surface area contributed by atoms with Crippen LogP contribution in [0.15, 0.2) is 67.3 Å². The van der Waals surface area contributed by atoms with E-state index in [1.165, 1.54) is 19.5 Å². The minimum Gasteiger partial charge on any atom is -0.464 e. The number of hydrogen-bond donors (Lipinski definition) is 0. The van der Waals surface area contributed by atoms with Gasteiger partial charge in [0.1, 0.15) is 17.9 Å². The van der Waals surface area contributed by atoms with Crippen molar-refractivity contribution in [2.45, 2.75) is 0 Å². The summed E-state index contributed by atoms with van der Waals surface area (Å²) in [6, 6.07) is 15.4. The van der Waals surface area contributed by atoms with E-state index in [0.717, 1.165) is 22.4 Å². The molecule has 2 aromatic carbocycles. The van der Waals surface area contributed by atoms with Crippen molar-refractivity contribution in [1.82, 2.24) is 19.9 Å². The number of benzene rings is 2. The monoisotopic (exact) mass is 387 g/mol. The number of esters is 1. The third kappa shape index (κ3) is 3.81. The second-order valence-corrected chi connectivity index (χ2v) is 6.10. The average molecular weight is 387 g/mol. The first kappa shape index (κ1) is 18.3. The van der Waals surface area contributed by atoms with E-state index in [2.05, 4.69) is 24.7 Å². The number of anilines is 2. The highest BCUT2D eigenvalue weighted by Gasteiger charge is 2.11. The van der Waals surface area contributed by atoms with Crippen LogP contribution in [0, 0.1) is 0 Å². The summed E-state index contributed by atoms with van der Waals surface area (Å²) in [4.78, 5) is 30.2. The number of methoxy groups -OCH3 is 1. The van der Waals surface area contributed by atoms with Gasteiger partial charge in [-0.05, 0) is 36.4 Å². The van der Waals surface area contributed by atoms with E-state index in [0.29, 0.717) is 5.75 Å². The van der Waals surface area contributed by atoms with Crippen LogP contribution < -0.4 is 9.64 Å². The predicted molar refractivity (Wildman–Crippen MR) is 107 cm³/mol. The van der Waals surface area contributed by atoms with Gasteiger partial charge >= 0.3 is 5.97 Å². The Morgan fingerprint density at radius 1 is 0.931 bits per heavy atom. The SMILES string of the molecule is COC(=O)c1cnc(Oc2ccc(N(C)c3ncnc4ccccc34)cc2)cn1. The largest absolute Gasteiger partial charge is 0.464 e. The topological polar surface area (TPSA) is 90.3 Å². The lowest BCUT2D eigenvalue weighted by Crippen LogP contribution is -2.11. The third-order valence-electron chi connectivity index (χ3n) is 4.31. The quantitative estimate of drug-likeness (QED) is 0.478. The molecule has 0 aliphatic carbocycles. The average Bonchev–Trinajstić information content (AvgIpc) is 2.78. The van der Waals surface area contributed by atoms with Crippen LogP contribution in [0.5, 0.6) is 11.6 Å². The summed E-state index contributed by atoms with van der Waals surface area (Å²) in [7, 11) is 3.24. The van der Waals surface area contributed by atoms with Crippen LogP contribution in [0.25, 0.3) is 10.9 Å². The van der Waals surface area contributed by atoms with E-state index in [4.69, 9.17) is 4.74 Å². The summed E-state index contributed by atoms with van der Waals surface area (Å²) in [5, 5.41) is 0.971. The standard InChI is InChI=1S/C21H17N5O3/c1-26(20-16-5-3-4-6-17(16)24-13-25-20)14-7-9-15(10-8-14)29-19-12-22-18(11-23-19)21(27)28-2/h3-13H,1-2H3. The molecule has 144 valence electrons. The van der Waals surface area contributed by atoms with Gasteiger partial charge in [0.15, 0.2) is 5.69 Å². The second-order valence-electron chi connectivity index (χ2n) is 6.10. The van der Waals surface area contributed by atoms with Crippen LogP contribution in [0.3, 0.4) is 0 Å². The van der Waals surface area contributed by atoms with Crippen molar-refractivity contribution in [1.29, 1.82) is 0 Å². The van der Waals surface area contributed by atoms with Crippen molar-refractivity contribution in [2.75, 3.05) is 19.1 Å². The van der Waals surface area contributed by atoms with Crippen LogP contribution in [-0.4, -0.2) is 40.1 Å². The number of fused-ring (bicyclic) bond motifs is 1.